The molecule has 2 amide bonds. The molecule has 5 heteroatoms. The summed E-state index contributed by atoms with van der Waals surface area (Å²) in [6.45, 7) is 5.19. The summed E-state index contributed by atoms with van der Waals surface area (Å²) >= 11 is 0. The Labute approximate surface area is 131 Å². The molecule has 0 heterocycles. The lowest BCUT2D eigenvalue weighted by Crippen LogP contribution is -2.32. The quantitative estimate of drug-likeness (QED) is 0.876. The highest BCUT2D eigenvalue weighted by Gasteiger charge is 2.28. The monoisotopic (exact) mass is 303 g/mol. The van der Waals surface area contributed by atoms with Gasteiger partial charge in [-0.05, 0) is 45.2 Å². The van der Waals surface area contributed by atoms with Crippen molar-refractivity contribution in [2.24, 2.45) is 11.7 Å². The number of carbonyl (C=O) groups excluding carboxylic acids is 2. The molecule has 1 saturated carbocycles. The van der Waals surface area contributed by atoms with E-state index in [0.29, 0.717) is 24.3 Å². The maximum Gasteiger partial charge on any atom is 0.255 e. The first kappa shape index (κ1) is 16.5. The molecule has 2 atom stereocenters. The van der Waals surface area contributed by atoms with Gasteiger partial charge in [0, 0.05) is 25.0 Å². The van der Waals surface area contributed by atoms with Gasteiger partial charge >= 0.3 is 0 Å². The van der Waals surface area contributed by atoms with Gasteiger partial charge in [-0.2, -0.15) is 0 Å². The molecule has 2 rings (SSSR count). The van der Waals surface area contributed by atoms with E-state index in [1.807, 2.05) is 26.0 Å². The molecule has 1 aliphatic carbocycles. The molecule has 1 aromatic carbocycles. The number of nitrogens with zero attached hydrogens (tertiary/aromatic N) is 1. The van der Waals surface area contributed by atoms with E-state index in [-0.39, 0.29) is 23.8 Å². The van der Waals surface area contributed by atoms with Gasteiger partial charge in [0.1, 0.15) is 0 Å². The van der Waals surface area contributed by atoms with Crippen molar-refractivity contribution in [3.05, 3.63) is 29.8 Å². The van der Waals surface area contributed by atoms with E-state index in [4.69, 9.17) is 5.73 Å². The lowest BCUT2D eigenvalue weighted by Gasteiger charge is -2.21. The summed E-state index contributed by atoms with van der Waals surface area (Å²) in [6, 6.07) is 7.30. The van der Waals surface area contributed by atoms with Crippen LogP contribution in [-0.4, -0.2) is 35.8 Å². The minimum atomic E-state index is -0.0518. The number of nitrogens with one attached hydrogen (secondary N) is 1. The highest BCUT2D eigenvalue weighted by Crippen LogP contribution is 2.26. The number of nitrogens with two attached hydrogens (primary N) is 1. The zero-order valence-electron chi connectivity index (χ0n) is 13.3. The second-order valence-corrected chi connectivity index (χ2v) is 5.78. The van der Waals surface area contributed by atoms with Crippen LogP contribution in [-0.2, 0) is 4.79 Å². The van der Waals surface area contributed by atoms with E-state index in [0.717, 1.165) is 19.3 Å². The van der Waals surface area contributed by atoms with Crippen LogP contribution in [0.25, 0.3) is 0 Å². The largest absolute Gasteiger partial charge is 0.339 e. The number of anilines is 1. The average Bonchev–Trinajstić information content (AvgIpc) is 2.95. The summed E-state index contributed by atoms with van der Waals surface area (Å²) in [5.41, 5.74) is 7.00. The fraction of sp³-hybridized carbons (Fsp3) is 0.529. The highest BCUT2D eigenvalue weighted by molar-refractivity contribution is 6.04. The zero-order valence-corrected chi connectivity index (χ0v) is 13.3. The Morgan fingerprint density at radius 2 is 1.91 bits per heavy atom. The maximum atomic E-state index is 12.5. The van der Waals surface area contributed by atoms with Gasteiger partial charge in [-0.15, -0.1) is 0 Å². The van der Waals surface area contributed by atoms with Crippen LogP contribution >= 0.6 is 0 Å². The Kier molecular flexibility index (Phi) is 5.55. The van der Waals surface area contributed by atoms with Gasteiger partial charge in [0.25, 0.3) is 5.91 Å². The molecule has 2 unspecified atom stereocenters. The maximum absolute atomic E-state index is 12.5. The van der Waals surface area contributed by atoms with Crippen molar-refractivity contribution in [1.29, 1.82) is 0 Å². The molecule has 0 bridgehead atoms. The molecule has 120 valence electrons. The SMILES string of the molecule is CCN(CC)C(=O)c1ccccc1NC(=O)C1CCC(N)C1. The van der Waals surface area contributed by atoms with Crippen molar-refractivity contribution < 1.29 is 9.59 Å². The summed E-state index contributed by atoms with van der Waals surface area (Å²) in [5, 5.41) is 2.91. The summed E-state index contributed by atoms with van der Waals surface area (Å²) in [6.07, 6.45) is 2.43. The third kappa shape index (κ3) is 3.65. The lowest BCUT2D eigenvalue weighted by atomic mass is 10.1. The predicted molar refractivity (Wildman–Crippen MR) is 87.6 cm³/mol. The second-order valence-electron chi connectivity index (χ2n) is 5.78. The molecule has 22 heavy (non-hydrogen) atoms. The molecule has 3 N–H and O–H groups in total. The fourth-order valence-electron chi connectivity index (χ4n) is 2.95. The first-order valence-electron chi connectivity index (χ1n) is 8.01. The Balaban J connectivity index is 2.14. The van der Waals surface area contributed by atoms with E-state index in [9.17, 15) is 9.59 Å². The van der Waals surface area contributed by atoms with E-state index in [2.05, 4.69) is 5.32 Å². The number of benzene rings is 1. The van der Waals surface area contributed by atoms with Gasteiger partial charge in [0.2, 0.25) is 5.91 Å². The molecule has 0 aromatic heterocycles. The number of hydrogen-bond acceptors (Lipinski definition) is 3. The van der Waals surface area contributed by atoms with E-state index >= 15 is 0 Å². The smallest absolute Gasteiger partial charge is 0.255 e. The normalized spacial score (nSPS) is 20.7. The van der Waals surface area contributed by atoms with Crippen LogP contribution in [0.1, 0.15) is 43.5 Å². The fourth-order valence-corrected chi connectivity index (χ4v) is 2.95. The van der Waals surface area contributed by atoms with Crippen molar-refractivity contribution in [2.75, 3.05) is 18.4 Å². The molecule has 1 aromatic rings. The molecule has 0 radical (unpaired) electrons. The van der Waals surface area contributed by atoms with Gasteiger partial charge < -0.3 is 16.0 Å². The summed E-state index contributed by atoms with van der Waals surface area (Å²) in [5.74, 6) is -0.136. The predicted octanol–water partition coefficient (Wildman–Crippen LogP) is 2.23. The van der Waals surface area contributed by atoms with Gasteiger partial charge in [-0.25, -0.2) is 0 Å². The molecule has 5 nitrogen and oxygen atoms in total. The summed E-state index contributed by atoms with van der Waals surface area (Å²) in [7, 11) is 0. The van der Waals surface area contributed by atoms with Crippen molar-refractivity contribution in [1.82, 2.24) is 4.90 Å². The van der Waals surface area contributed by atoms with Crippen LogP contribution in [0.2, 0.25) is 0 Å². The standard InChI is InChI=1S/C17H25N3O2/c1-3-20(4-2)17(22)14-7-5-6-8-15(14)19-16(21)12-9-10-13(18)11-12/h5-8,12-13H,3-4,9-11,18H2,1-2H3,(H,19,21). The van der Waals surface area contributed by atoms with Gasteiger partial charge in [0.15, 0.2) is 0 Å². The van der Waals surface area contributed by atoms with Gasteiger partial charge in [0.05, 0.1) is 11.3 Å². The van der Waals surface area contributed by atoms with E-state index < -0.39 is 0 Å². The number of para-hydroxylation sites is 1. The van der Waals surface area contributed by atoms with Crippen molar-refractivity contribution in [3.63, 3.8) is 0 Å². The molecule has 0 spiro atoms. The van der Waals surface area contributed by atoms with Crippen LogP contribution in [0.3, 0.4) is 0 Å². The third-order valence-electron chi connectivity index (χ3n) is 4.31. The zero-order chi connectivity index (χ0) is 16.1. The van der Waals surface area contributed by atoms with Crippen LogP contribution in [0.5, 0.6) is 0 Å². The topological polar surface area (TPSA) is 75.4 Å². The number of hydrogen-bond donors (Lipinski definition) is 2. The average molecular weight is 303 g/mol. The van der Waals surface area contributed by atoms with E-state index in [1.54, 1.807) is 17.0 Å². The van der Waals surface area contributed by atoms with Crippen LogP contribution in [0, 0.1) is 5.92 Å². The minimum Gasteiger partial charge on any atom is -0.339 e. The van der Waals surface area contributed by atoms with Crippen molar-refractivity contribution >= 4 is 17.5 Å². The molecule has 1 aliphatic rings. The van der Waals surface area contributed by atoms with Crippen LogP contribution in [0.15, 0.2) is 24.3 Å². The van der Waals surface area contributed by atoms with Gasteiger partial charge in [-0.1, -0.05) is 12.1 Å². The first-order chi connectivity index (χ1) is 10.6. The Morgan fingerprint density at radius 3 is 2.50 bits per heavy atom. The second kappa shape index (κ2) is 7.40. The van der Waals surface area contributed by atoms with Crippen molar-refractivity contribution in [3.8, 4) is 0 Å². The molecular weight excluding hydrogens is 278 g/mol. The molecule has 0 saturated heterocycles. The Bertz CT molecular complexity index is 540. The molecule has 0 aliphatic heterocycles. The van der Waals surface area contributed by atoms with E-state index in [1.165, 1.54) is 0 Å². The van der Waals surface area contributed by atoms with Crippen LogP contribution in [0.4, 0.5) is 5.69 Å². The third-order valence-corrected chi connectivity index (χ3v) is 4.31. The summed E-state index contributed by atoms with van der Waals surface area (Å²) in [4.78, 5) is 26.6. The molecular formula is C17H25N3O2. The Morgan fingerprint density at radius 1 is 1.23 bits per heavy atom. The highest BCUT2D eigenvalue weighted by atomic mass is 16.2. The molecule has 1 fully saturated rings. The lowest BCUT2D eigenvalue weighted by molar-refractivity contribution is -0.119. The van der Waals surface area contributed by atoms with Crippen LogP contribution < -0.4 is 11.1 Å². The number of rotatable bonds is 5. The summed E-state index contributed by atoms with van der Waals surface area (Å²) < 4.78 is 0. The number of carbonyl (C=O) groups is 2. The number of amides is 2. The van der Waals surface area contributed by atoms with Gasteiger partial charge in [-0.3, -0.25) is 9.59 Å². The first-order valence-corrected chi connectivity index (χ1v) is 8.01. The minimum absolute atomic E-state index is 0.0345. The van der Waals surface area contributed by atoms with Crippen molar-refractivity contribution in [2.45, 2.75) is 39.2 Å². The Hall–Kier alpha value is -1.88.